The minimum atomic E-state index is -0.457. The van der Waals surface area contributed by atoms with E-state index in [2.05, 4.69) is 34.4 Å². The number of carbonyl (C=O) groups excluding carboxylic acids is 1. The van der Waals surface area contributed by atoms with Crippen LogP contribution in [0.4, 0.5) is 0 Å². The van der Waals surface area contributed by atoms with E-state index >= 15 is 0 Å². The third-order valence-electron chi connectivity index (χ3n) is 3.80. The topological polar surface area (TPSA) is 26.3 Å². The molecule has 0 bridgehead atoms. The van der Waals surface area contributed by atoms with Gasteiger partial charge >= 0.3 is 5.97 Å². The molecule has 1 aromatic rings. The number of ether oxygens (including phenoxy) is 1. The van der Waals surface area contributed by atoms with Crippen LogP contribution in [0.3, 0.4) is 0 Å². The smallest absolute Gasteiger partial charge is 0.316 e. The highest BCUT2D eigenvalue weighted by molar-refractivity contribution is 7.20. The van der Waals surface area contributed by atoms with Crippen LogP contribution >= 0.6 is 9.24 Å². The molecule has 0 heterocycles. The lowest BCUT2D eigenvalue weighted by Gasteiger charge is -2.29. The van der Waals surface area contributed by atoms with Gasteiger partial charge in [-0.2, -0.15) is 0 Å². The molecule has 2 rings (SSSR count). The molecule has 19 heavy (non-hydrogen) atoms. The first-order valence-electron chi connectivity index (χ1n) is 7.12. The minimum Gasteiger partial charge on any atom is -0.457 e. The van der Waals surface area contributed by atoms with Crippen molar-refractivity contribution in [3.8, 4) is 0 Å². The fraction of sp³-hybridized carbons (Fsp3) is 0.562. The van der Waals surface area contributed by atoms with E-state index < -0.39 is 5.16 Å². The molecule has 0 radical (unpaired) electrons. The second-order valence-electron chi connectivity index (χ2n) is 5.65. The van der Waals surface area contributed by atoms with Crippen LogP contribution in [0.15, 0.2) is 24.3 Å². The monoisotopic (exact) mass is 278 g/mol. The average Bonchev–Trinajstić information content (AvgIpc) is 2.39. The van der Waals surface area contributed by atoms with E-state index in [4.69, 9.17) is 4.74 Å². The second kappa shape index (κ2) is 6.05. The molecule has 1 aliphatic carbocycles. The largest absolute Gasteiger partial charge is 0.457 e. The van der Waals surface area contributed by atoms with Crippen molar-refractivity contribution in [1.29, 1.82) is 0 Å². The van der Waals surface area contributed by atoms with Crippen LogP contribution in [0.25, 0.3) is 0 Å². The first-order chi connectivity index (χ1) is 9.04. The van der Waals surface area contributed by atoms with E-state index in [9.17, 15) is 4.79 Å². The van der Waals surface area contributed by atoms with Gasteiger partial charge in [0.2, 0.25) is 0 Å². The number of fused-ring (bicyclic) bond motifs is 1. The molecular formula is C16H23O2P. The van der Waals surface area contributed by atoms with Gasteiger partial charge in [0.25, 0.3) is 0 Å². The average molecular weight is 278 g/mol. The Bertz CT molecular complexity index is 454. The van der Waals surface area contributed by atoms with Crippen molar-refractivity contribution in [3.05, 3.63) is 35.4 Å². The molecule has 0 spiro atoms. The van der Waals surface area contributed by atoms with Gasteiger partial charge < -0.3 is 4.74 Å². The van der Waals surface area contributed by atoms with Crippen molar-refractivity contribution in [2.45, 2.75) is 57.2 Å². The van der Waals surface area contributed by atoms with Crippen LogP contribution < -0.4 is 0 Å². The van der Waals surface area contributed by atoms with E-state index in [1.807, 2.05) is 13.0 Å². The zero-order valence-electron chi connectivity index (χ0n) is 11.8. The summed E-state index contributed by atoms with van der Waals surface area (Å²) in [7, 11) is 2.66. The molecular weight excluding hydrogens is 255 g/mol. The number of rotatable bonds is 4. The maximum absolute atomic E-state index is 12.3. The van der Waals surface area contributed by atoms with E-state index in [0.29, 0.717) is 0 Å². The maximum Gasteiger partial charge on any atom is 0.316 e. The molecule has 3 heteroatoms. The Morgan fingerprint density at radius 1 is 1.47 bits per heavy atom. The van der Waals surface area contributed by atoms with Gasteiger partial charge in [-0.15, -0.1) is 9.24 Å². The first-order valence-corrected chi connectivity index (χ1v) is 7.70. The molecule has 0 saturated carbocycles. The number of esters is 1. The lowest BCUT2D eigenvalue weighted by Crippen LogP contribution is -2.32. The summed E-state index contributed by atoms with van der Waals surface area (Å²) in [6.07, 6.45) is 4.89. The van der Waals surface area contributed by atoms with Gasteiger partial charge in [0, 0.05) is 0 Å². The van der Waals surface area contributed by atoms with Crippen molar-refractivity contribution in [1.82, 2.24) is 0 Å². The molecule has 0 saturated heterocycles. The van der Waals surface area contributed by atoms with Gasteiger partial charge in [-0.05, 0) is 43.7 Å². The van der Waals surface area contributed by atoms with Gasteiger partial charge in [-0.3, -0.25) is 4.79 Å². The molecule has 3 atom stereocenters. The Morgan fingerprint density at radius 3 is 2.95 bits per heavy atom. The highest BCUT2D eigenvalue weighted by Crippen LogP contribution is 2.35. The summed E-state index contributed by atoms with van der Waals surface area (Å²) in [5.74, 6) is -0.0962. The first kappa shape index (κ1) is 14.5. The van der Waals surface area contributed by atoms with Crippen LogP contribution in [0.2, 0.25) is 0 Å². The zero-order chi connectivity index (χ0) is 13.9. The number of aryl methyl sites for hydroxylation is 1. The summed E-state index contributed by atoms with van der Waals surface area (Å²) < 4.78 is 5.78. The van der Waals surface area contributed by atoms with Crippen LogP contribution in [0.5, 0.6) is 0 Å². The standard InChI is InChI=1S/C16H23O2P/c1-3-11-16(2,19)15(17)18-14-10-6-8-12-7-4-5-9-13(12)14/h4-5,7,9,14H,3,6,8,10-11,19H2,1-2H3. The zero-order valence-corrected chi connectivity index (χ0v) is 13.0. The van der Waals surface area contributed by atoms with Gasteiger partial charge in [0.05, 0.1) is 5.16 Å². The van der Waals surface area contributed by atoms with E-state index in [-0.39, 0.29) is 12.1 Å². The molecule has 1 aliphatic rings. The SMILES string of the molecule is CCCC(C)(P)C(=O)OC1CCCc2ccccc21. The molecule has 0 amide bonds. The summed E-state index contributed by atoms with van der Waals surface area (Å²) in [4.78, 5) is 12.3. The van der Waals surface area contributed by atoms with Crippen LogP contribution in [-0.2, 0) is 16.0 Å². The minimum absolute atomic E-state index is 0.0609. The summed E-state index contributed by atoms with van der Waals surface area (Å²) >= 11 is 0. The molecule has 3 unspecified atom stereocenters. The Kier molecular flexibility index (Phi) is 4.62. The van der Waals surface area contributed by atoms with E-state index in [1.165, 1.54) is 11.1 Å². The molecule has 0 aliphatic heterocycles. The third kappa shape index (κ3) is 3.36. The van der Waals surface area contributed by atoms with Crippen LogP contribution in [-0.4, -0.2) is 11.1 Å². The Hall–Kier alpha value is -0.880. The second-order valence-corrected chi connectivity index (χ2v) is 6.93. The highest BCUT2D eigenvalue weighted by Gasteiger charge is 2.32. The predicted octanol–water partition coefficient (Wildman–Crippen LogP) is 4.04. The number of carbonyl (C=O) groups is 1. The number of benzene rings is 1. The van der Waals surface area contributed by atoms with E-state index in [0.717, 1.165) is 32.1 Å². The fourth-order valence-corrected chi connectivity index (χ4v) is 3.07. The summed E-state index contributed by atoms with van der Waals surface area (Å²) in [6, 6.07) is 8.31. The molecule has 2 nitrogen and oxygen atoms in total. The van der Waals surface area contributed by atoms with E-state index in [1.54, 1.807) is 0 Å². The summed E-state index contributed by atoms with van der Waals surface area (Å²) in [5.41, 5.74) is 2.52. The lowest BCUT2D eigenvalue weighted by atomic mass is 9.89. The lowest BCUT2D eigenvalue weighted by molar-refractivity contribution is -0.153. The van der Waals surface area contributed by atoms with Gasteiger partial charge in [-0.1, -0.05) is 37.6 Å². The third-order valence-corrected chi connectivity index (χ3v) is 4.32. The number of hydrogen-bond donors (Lipinski definition) is 0. The highest BCUT2D eigenvalue weighted by atomic mass is 31.0. The van der Waals surface area contributed by atoms with Crippen LogP contribution in [0.1, 0.15) is 56.8 Å². The van der Waals surface area contributed by atoms with Crippen molar-refractivity contribution in [2.75, 3.05) is 0 Å². The summed E-state index contributed by atoms with van der Waals surface area (Å²) in [6.45, 7) is 4.03. The van der Waals surface area contributed by atoms with Crippen molar-refractivity contribution >= 4 is 15.2 Å². The number of hydrogen-bond acceptors (Lipinski definition) is 2. The van der Waals surface area contributed by atoms with Crippen molar-refractivity contribution in [2.24, 2.45) is 0 Å². The predicted molar refractivity (Wildman–Crippen MR) is 81.2 cm³/mol. The molecule has 1 aromatic carbocycles. The molecule has 104 valence electrons. The Morgan fingerprint density at radius 2 is 2.21 bits per heavy atom. The normalized spacial score (nSPS) is 21.3. The van der Waals surface area contributed by atoms with Crippen molar-refractivity contribution in [3.63, 3.8) is 0 Å². The Labute approximate surface area is 118 Å². The molecule has 0 fully saturated rings. The quantitative estimate of drug-likeness (QED) is 0.613. The molecule has 0 N–H and O–H groups in total. The maximum atomic E-state index is 12.3. The van der Waals surface area contributed by atoms with Gasteiger partial charge in [-0.25, -0.2) is 0 Å². The van der Waals surface area contributed by atoms with Crippen molar-refractivity contribution < 1.29 is 9.53 Å². The fourth-order valence-electron chi connectivity index (χ4n) is 2.72. The molecule has 0 aromatic heterocycles. The van der Waals surface area contributed by atoms with Gasteiger partial charge in [0.1, 0.15) is 6.10 Å². The summed E-state index contributed by atoms with van der Waals surface area (Å²) in [5, 5.41) is -0.457. The Balaban J connectivity index is 2.11. The van der Waals surface area contributed by atoms with Crippen LogP contribution in [0, 0.1) is 0 Å². The van der Waals surface area contributed by atoms with Gasteiger partial charge in [0.15, 0.2) is 0 Å².